The van der Waals surface area contributed by atoms with Gasteiger partial charge in [0, 0.05) is 12.7 Å². The van der Waals surface area contributed by atoms with Crippen LogP contribution in [0.1, 0.15) is 20.9 Å². The highest BCUT2D eigenvalue weighted by molar-refractivity contribution is 7.18. The Bertz CT molecular complexity index is 1350. The van der Waals surface area contributed by atoms with E-state index in [1.165, 1.54) is 17.5 Å². The third-order valence-corrected chi connectivity index (χ3v) is 6.17. The molecule has 0 aliphatic heterocycles. The number of nitrogens with zero attached hydrogens (tertiary/aromatic N) is 3. The minimum absolute atomic E-state index is 0.0765. The van der Waals surface area contributed by atoms with Crippen molar-refractivity contribution >= 4 is 39.2 Å². The van der Waals surface area contributed by atoms with Crippen LogP contribution in [0.2, 0.25) is 5.02 Å². The highest BCUT2D eigenvalue weighted by atomic mass is 35.5. The first-order valence-corrected chi connectivity index (χ1v) is 11.6. The molecule has 0 saturated carbocycles. The third-order valence-electron chi connectivity index (χ3n) is 5.01. The van der Waals surface area contributed by atoms with Crippen molar-refractivity contribution in [2.24, 2.45) is 0 Å². The zero-order valence-corrected chi connectivity index (χ0v) is 20.4. The van der Waals surface area contributed by atoms with E-state index >= 15 is 0 Å². The molecular weight excluding hydrogens is 498 g/mol. The lowest BCUT2D eigenvalue weighted by Crippen LogP contribution is -2.35. The quantitative estimate of drug-likeness (QED) is 0.313. The van der Waals surface area contributed by atoms with Crippen molar-refractivity contribution in [2.45, 2.75) is 13.2 Å². The van der Waals surface area contributed by atoms with Gasteiger partial charge in [-0.1, -0.05) is 35.1 Å². The van der Waals surface area contributed by atoms with Gasteiger partial charge in [-0.2, -0.15) is 0 Å². The summed E-state index contributed by atoms with van der Waals surface area (Å²) in [6.07, 6.45) is 1.51. The summed E-state index contributed by atoms with van der Waals surface area (Å²) in [5, 5.41) is 3.52. The fourth-order valence-corrected chi connectivity index (χ4v) is 4.24. The molecule has 0 aliphatic carbocycles. The average molecular weight is 519 g/mol. The van der Waals surface area contributed by atoms with Crippen LogP contribution in [0, 0.1) is 11.6 Å². The number of rotatable bonds is 9. The van der Waals surface area contributed by atoms with Gasteiger partial charge in [-0.15, -0.1) is 0 Å². The molecule has 7 nitrogen and oxygen atoms in total. The van der Waals surface area contributed by atoms with Crippen LogP contribution in [0.3, 0.4) is 0 Å². The van der Waals surface area contributed by atoms with Crippen molar-refractivity contribution in [3.63, 3.8) is 0 Å². The molecule has 0 spiro atoms. The molecule has 0 unspecified atom stereocenters. The van der Waals surface area contributed by atoms with Gasteiger partial charge in [0.1, 0.15) is 39.1 Å². The van der Waals surface area contributed by atoms with E-state index in [2.05, 4.69) is 15.3 Å². The average Bonchev–Trinajstić information content (AvgIpc) is 3.24. The second-order valence-electron chi connectivity index (χ2n) is 7.63. The van der Waals surface area contributed by atoms with Crippen molar-refractivity contribution in [3.8, 4) is 11.5 Å². The molecule has 11 heteroatoms. The Morgan fingerprint density at radius 2 is 1.97 bits per heavy atom. The molecule has 2 aromatic carbocycles. The standard InChI is InChI=1S/C24H21ClF2N4O3S/c1-31(11-14-3-5-16(33-2)6-4-14)13-29-23(32)21-17(26)7-8-19(22(21)27)34-12-20-30-18-9-15(25)10-28-24(18)35-20/h3-10H,11-13H2,1-2H3,(H,29,32). The van der Waals surface area contributed by atoms with E-state index in [9.17, 15) is 13.6 Å². The van der Waals surface area contributed by atoms with Crippen LogP contribution in [0.5, 0.6) is 11.5 Å². The number of hydrogen-bond acceptors (Lipinski definition) is 7. The van der Waals surface area contributed by atoms with Gasteiger partial charge >= 0.3 is 0 Å². The molecule has 35 heavy (non-hydrogen) atoms. The number of hydrogen-bond donors (Lipinski definition) is 1. The summed E-state index contributed by atoms with van der Waals surface area (Å²) in [5.74, 6) is -2.47. The molecule has 4 rings (SSSR count). The maximum Gasteiger partial charge on any atom is 0.258 e. The number of thiazole rings is 1. The maximum absolute atomic E-state index is 15.0. The van der Waals surface area contributed by atoms with Crippen LogP contribution in [-0.2, 0) is 13.2 Å². The van der Waals surface area contributed by atoms with Gasteiger partial charge in [0.25, 0.3) is 5.91 Å². The van der Waals surface area contributed by atoms with Gasteiger partial charge in [0.2, 0.25) is 0 Å². The largest absolute Gasteiger partial charge is 0.497 e. The Balaban J connectivity index is 1.38. The van der Waals surface area contributed by atoms with Crippen LogP contribution in [-0.4, -0.2) is 41.6 Å². The summed E-state index contributed by atoms with van der Waals surface area (Å²) in [7, 11) is 3.36. The van der Waals surface area contributed by atoms with Crippen molar-refractivity contribution < 1.29 is 23.0 Å². The Labute approximate surface area is 209 Å². The number of carbonyl (C=O) groups is 1. The number of amides is 1. The van der Waals surface area contributed by atoms with E-state index in [4.69, 9.17) is 21.1 Å². The molecule has 182 valence electrons. The number of aromatic nitrogens is 2. The minimum Gasteiger partial charge on any atom is -0.497 e. The molecule has 0 aliphatic rings. The van der Waals surface area contributed by atoms with E-state index in [0.29, 0.717) is 26.9 Å². The van der Waals surface area contributed by atoms with Gasteiger partial charge in [-0.05, 0) is 42.9 Å². The molecule has 0 fully saturated rings. The van der Waals surface area contributed by atoms with Gasteiger partial charge in [0.15, 0.2) is 11.6 Å². The third kappa shape index (κ3) is 6.02. The summed E-state index contributed by atoms with van der Waals surface area (Å²) in [6.45, 7) is 0.517. The number of halogens is 3. The van der Waals surface area contributed by atoms with Crippen molar-refractivity contribution in [1.29, 1.82) is 0 Å². The van der Waals surface area contributed by atoms with Gasteiger partial charge < -0.3 is 14.8 Å². The number of benzene rings is 2. The zero-order chi connectivity index (χ0) is 24.9. The lowest BCUT2D eigenvalue weighted by atomic mass is 10.1. The molecule has 1 N–H and O–H groups in total. The van der Waals surface area contributed by atoms with Crippen molar-refractivity contribution in [3.05, 3.63) is 81.5 Å². The Hall–Kier alpha value is -3.34. The lowest BCUT2D eigenvalue weighted by molar-refractivity contribution is 0.0918. The molecule has 2 heterocycles. The summed E-state index contributed by atoms with van der Waals surface area (Å²) >= 11 is 7.19. The van der Waals surface area contributed by atoms with Crippen LogP contribution in [0.25, 0.3) is 10.3 Å². The van der Waals surface area contributed by atoms with E-state index in [1.807, 2.05) is 24.3 Å². The van der Waals surface area contributed by atoms with Crippen molar-refractivity contribution in [1.82, 2.24) is 20.2 Å². The number of carbonyl (C=O) groups excluding carboxylic acids is 1. The van der Waals surface area contributed by atoms with Gasteiger partial charge in [0.05, 0.1) is 18.8 Å². The van der Waals surface area contributed by atoms with Crippen LogP contribution >= 0.6 is 22.9 Å². The molecular formula is C24H21ClF2N4O3S. The molecule has 0 bridgehead atoms. The predicted octanol–water partition coefficient (Wildman–Crippen LogP) is 5.03. The molecule has 0 saturated heterocycles. The number of pyridine rings is 1. The lowest BCUT2D eigenvalue weighted by Gasteiger charge is -2.18. The summed E-state index contributed by atoms with van der Waals surface area (Å²) in [4.78, 5) is 23.6. The van der Waals surface area contributed by atoms with E-state index in [0.717, 1.165) is 23.4 Å². The Morgan fingerprint density at radius 3 is 2.71 bits per heavy atom. The Morgan fingerprint density at radius 1 is 1.20 bits per heavy atom. The topological polar surface area (TPSA) is 76.6 Å². The van der Waals surface area contributed by atoms with Gasteiger partial charge in [-0.25, -0.2) is 18.7 Å². The second kappa shape index (κ2) is 10.9. The maximum atomic E-state index is 15.0. The van der Waals surface area contributed by atoms with Crippen LogP contribution in [0.4, 0.5) is 8.78 Å². The molecule has 0 atom stereocenters. The van der Waals surface area contributed by atoms with E-state index in [1.54, 1.807) is 25.1 Å². The Kier molecular flexibility index (Phi) is 7.74. The van der Waals surface area contributed by atoms with E-state index < -0.39 is 23.1 Å². The van der Waals surface area contributed by atoms with Crippen LogP contribution < -0.4 is 14.8 Å². The first kappa shape index (κ1) is 24.8. The smallest absolute Gasteiger partial charge is 0.258 e. The number of fused-ring (bicyclic) bond motifs is 1. The highest BCUT2D eigenvalue weighted by Gasteiger charge is 2.22. The monoisotopic (exact) mass is 518 g/mol. The summed E-state index contributed by atoms with van der Waals surface area (Å²) < 4.78 is 40.0. The number of nitrogens with one attached hydrogen (secondary N) is 1. The normalized spacial score (nSPS) is 11.1. The first-order chi connectivity index (χ1) is 16.8. The van der Waals surface area contributed by atoms with Crippen LogP contribution in [0.15, 0.2) is 48.7 Å². The predicted molar refractivity (Wildman–Crippen MR) is 130 cm³/mol. The molecule has 4 aromatic rings. The minimum atomic E-state index is -1.08. The molecule has 2 aromatic heterocycles. The van der Waals surface area contributed by atoms with Crippen molar-refractivity contribution in [2.75, 3.05) is 20.8 Å². The highest BCUT2D eigenvalue weighted by Crippen LogP contribution is 2.27. The second-order valence-corrected chi connectivity index (χ2v) is 9.13. The zero-order valence-electron chi connectivity index (χ0n) is 18.8. The molecule has 1 amide bonds. The number of methoxy groups -OCH3 is 1. The SMILES string of the molecule is COc1ccc(CN(C)CNC(=O)c2c(F)ccc(OCc3nc4cc(Cl)cnc4s3)c2F)cc1. The summed E-state index contributed by atoms with van der Waals surface area (Å²) in [6, 6.07) is 11.3. The molecule has 0 radical (unpaired) electrons. The first-order valence-electron chi connectivity index (χ1n) is 10.5. The summed E-state index contributed by atoms with van der Waals surface area (Å²) in [5.41, 5.74) is 0.875. The number of ether oxygens (including phenoxy) is 2. The van der Waals surface area contributed by atoms with E-state index in [-0.39, 0.29) is 19.0 Å². The fourth-order valence-electron chi connectivity index (χ4n) is 3.29. The van der Waals surface area contributed by atoms with Gasteiger partial charge in [-0.3, -0.25) is 9.69 Å². The fraction of sp³-hybridized carbons (Fsp3) is 0.208.